The van der Waals surface area contributed by atoms with Crippen molar-refractivity contribution in [3.05, 3.63) is 29.3 Å². The van der Waals surface area contributed by atoms with E-state index in [4.69, 9.17) is 16.7 Å². The molecule has 2 heterocycles. The summed E-state index contributed by atoms with van der Waals surface area (Å²) < 4.78 is 1.58. The van der Waals surface area contributed by atoms with E-state index in [-0.39, 0.29) is 6.61 Å². The van der Waals surface area contributed by atoms with Crippen molar-refractivity contribution in [3.8, 4) is 0 Å². The molecule has 0 aromatic carbocycles. The number of halogens is 1. The van der Waals surface area contributed by atoms with Crippen LogP contribution in [0.4, 0.5) is 0 Å². The van der Waals surface area contributed by atoms with Crippen LogP contribution in [-0.4, -0.2) is 19.7 Å². The Bertz CT molecular complexity index is 412. The van der Waals surface area contributed by atoms with Gasteiger partial charge in [-0.15, -0.1) is 0 Å². The maximum Gasteiger partial charge on any atom is 0.156 e. The van der Waals surface area contributed by atoms with Crippen molar-refractivity contribution in [1.82, 2.24) is 14.6 Å². The van der Waals surface area contributed by atoms with Crippen LogP contribution in [0.15, 0.2) is 18.6 Å². The van der Waals surface area contributed by atoms with Crippen molar-refractivity contribution >= 4 is 17.1 Å². The molecule has 0 aliphatic carbocycles. The predicted octanol–water partition coefficient (Wildman–Crippen LogP) is 0.875. The molecule has 62 valence electrons. The van der Waals surface area contributed by atoms with Crippen molar-refractivity contribution in [2.24, 2.45) is 0 Å². The summed E-state index contributed by atoms with van der Waals surface area (Å²) in [5.41, 5.74) is 1.49. The Morgan fingerprint density at radius 3 is 3.08 bits per heavy atom. The summed E-state index contributed by atoms with van der Waals surface area (Å²) in [6, 6.07) is 1.75. The maximum absolute atomic E-state index is 8.82. The average Bonchev–Trinajstić information content (AvgIpc) is 2.49. The molecule has 0 aliphatic rings. The van der Waals surface area contributed by atoms with Gasteiger partial charge in [-0.05, 0) is 11.6 Å². The van der Waals surface area contributed by atoms with Crippen molar-refractivity contribution in [1.29, 1.82) is 0 Å². The SMILES string of the molecule is OCc1cc2c(Cl)ncnn2c1. The smallest absolute Gasteiger partial charge is 0.156 e. The molecule has 0 spiro atoms. The summed E-state index contributed by atoms with van der Waals surface area (Å²) in [7, 11) is 0. The van der Waals surface area contributed by atoms with Gasteiger partial charge >= 0.3 is 0 Å². The lowest BCUT2D eigenvalue weighted by molar-refractivity contribution is 0.282. The fraction of sp³-hybridized carbons (Fsp3) is 0.143. The lowest BCUT2D eigenvalue weighted by Gasteiger charge is -1.91. The van der Waals surface area contributed by atoms with Gasteiger partial charge in [0.05, 0.1) is 6.61 Å². The molecule has 0 unspecified atom stereocenters. The Morgan fingerprint density at radius 2 is 2.42 bits per heavy atom. The third-order valence-corrected chi connectivity index (χ3v) is 1.89. The zero-order valence-corrected chi connectivity index (χ0v) is 6.86. The van der Waals surface area contributed by atoms with Crippen molar-refractivity contribution in [2.45, 2.75) is 6.61 Å². The minimum Gasteiger partial charge on any atom is -0.392 e. The quantitative estimate of drug-likeness (QED) is 0.714. The largest absolute Gasteiger partial charge is 0.392 e. The zero-order chi connectivity index (χ0) is 8.55. The molecule has 0 bridgehead atoms. The van der Waals surface area contributed by atoms with Gasteiger partial charge in [0, 0.05) is 6.20 Å². The van der Waals surface area contributed by atoms with E-state index in [1.54, 1.807) is 16.8 Å². The number of hydrogen-bond acceptors (Lipinski definition) is 3. The first kappa shape index (κ1) is 7.52. The highest BCUT2D eigenvalue weighted by atomic mass is 35.5. The van der Waals surface area contributed by atoms with Crippen LogP contribution in [0.2, 0.25) is 5.15 Å². The monoisotopic (exact) mass is 183 g/mol. The van der Waals surface area contributed by atoms with E-state index in [0.717, 1.165) is 5.56 Å². The van der Waals surface area contributed by atoms with Crippen LogP contribution >= 0.6 is 11.6 Å². The van der Waals surface area contributed by atoms with Gasteiger partial charge in [-0.1, -0.05) is 11.6 Å². The normalized spacial score (nSPS) is 10.8. The summed E-state index contributed by atoms with van der Waals surface area (Å²) in [4.78, 5) is 3.81. The highest BCUT2D eigenvalue weighted by molar-refractivity contribution is 6.32. The van der Waals surface area contributed by atoms with E-state index in [1.807, 2.05) is 0 Å². The van der Waals surface area contributed by atoms with E-state index in [0.29, 0.717) is 10.7 Å². The van der Waals surface area contributed by atoms with Crippen LogP contribution in [-0.2, 0) is 6.61 Å². The molecule has 0 aliphatic heterocycles. The Kier molecular flexibility index (Phi) is 1.71. The van der Waals surface area contributed by atoms with Gasteiger partial charge in [-0.2, -0.15) is 5.10 Å². The van der Waals surface area contributed by atoms with E-state index in [2.05, 4.69) is 10.1 Å². The van der Waals surface area contributed by atoms with Gasteiger partial charge in [0.15, 0.2) is 5.15 Å². The molecule has 5 heteroatoms. The highest BCUT2D eigenvalue weighted by Crippen LogP contribution is 2.15. The van der Waals surface area contributed by atoms with Crippen LogP contribution in [0.25, 0.3) is 5.52 Å². The van der Waals surface area contributed by atoms with E-state index in [9.17, 15) is 0 Å². The van der Waals surface area contributed by atoms with Crippen LogP contribution in [0.1, 0.15) is 5.56 Å². The van der Waals surface area contributed by atoms with Crippen molar-refractivity contribution in [3.63, 3.8) is 0 Å². The molecule has 0 saturated heterocycles. The van der Waals surface area contributed by atoms with Gasteiger partial charge in [-0.3, -0.25) is 0 Å². The van der Waals surface area contributed by atoms with E-state index < -0.39 is 0 Å². The van der Waals surface area contributed by atoms with Crippen LogP contribution in [0.5, 0.6) is 0 Å². The Balaban J connectivity index is 2.74. The molecule has 0 amide bonds. The minimum atomic E-state index is -0.0142. The maximum atomic E-state index is 8.82. The van der Waals surface area contributed by atoms with Crippen molar-refractivity contribution < 1.29 is 5.11 Å². The molecule has 2 aromatic heterocycles. The number of aromatic nitrogens is 3. The summed E-state index contributed by atoms with van der Waals surface area (Å²) >= 11 is 5.77. The number of aliphatic hydroxyl groups excluding tert-OH is 1. The predicted molar refractivity (Wildman–Crippen MR) is 43.9 cm³/mol. The second kappa shape index (κ2) is 2.73. The van der Waals surface area contributed by atoms with Gasteiger partial charge < -0.3 is 5.11 Å². The van der Waals surface area contributed by atoms with Crippen LogP contribution in [0.3, 0.4) is 0 Å². The molecule has 1 N–H and O–H groups in total. The summed E-state index contributed by atoms with van der Waals surface area (Å²) in [6.07, 6.45) is 3.08. The first-order chi connectivity index (χ1) is 5.81. The fourth-order valence-electron chi connectivity index (χ4n) is 1.04. The molecular formula is C7H6ClN3O. The number of nitrogens with zero attached hydrogens (tertiary/aromatic N) is 3. The van der Waals surface area contributed by atoms with Gasteiger partial charge in [0.25, 0.3) is 0 Å². The van der Waals surface area contributed by atoms with Gasteiger partial charge in [0.1, 0.15) is 11.8 Å². The molecule has 4 nitrogen and oxygen atoms in total. The highest BCUT2D eigenvalue weighted by Gasteiger charge is 2.02. The molecule has 0 fully saturated rings. The summed E-state index contributed by atoms with van der Waals surface area (Å²) in [5, 5.41) is 13.1. The second-order valence-electron chi connectivity index (χ2n) is 2.39. The third-order valence-electron chi connectivity index (χ3n) is 1.60. The molecule has 2 rings (SSSR count). The van der Waals surface area contributed by atoms with E-state index >= 15 is 0 Å². The number of fused-ring (bicyclic) bond motifs is 1. The third kappa shape index (κ3) is 1.05. The zero-order valence-electron chi connectivity index (χ0n) is 6.11. The molecule has 0 atom stereocenters. The first-order valence-corrected chi connectivity index (χ1v) is 3.77. The first-order valence-electron chi connectivity index (χ1n) is 3.40. The minimum absolute atomic E-state index is 0.0142. The molecular weight excluding hydrogens is 178 g/mol. The molecule has 12 heavy (non-hydrogen) atoms. The van der Waals surface area contributed by atoms with Crippen LogP contribution < -0.4 is 0 Å². The summed E-state index contributed by atoms with van der Waals surface area (Å²) in [5.74, 6) is 0. The Hall–Kier alpha value is -1.13. The number of rotatable bonds is 1. The van der Waals surface area contributed by atoms with Gasteiger partial charge in [-0.25, -0.2) is 9.50 Å². The molecule has 0 saturated carbocycles. The van der Waals surface area contributed by atoms with Crippen LogP contribution in [0, 0.1) is 0 Å². The van der Waals surface area contributed by atoms with E-state index in [1.165, 1.54) is 6.33 Å². The second-order valence-corrected chi connectivity index (χ2v) is 2.75. The topological polar surface area (TPSA) is 50.4 Å². The Morgan fingerprint density at radius 1 is 1.58 bits per heavy atom. The van der Waals surface area contributed by atoms with Crippen molar-refractivity contribution in [2.75, 3.05) is 0 Å². The lowest BCUT2D eigenvalue weighted by atomic mass is 10.3. The summed E-state index contributed by atoms with van der Waals surface area (Å²) in [6.45, 7) is -0.0142. The lowest BCUT2D eigenvalue weighted by Crippen LogP contribution is -1.90. The molecule has 2 aromatic rings. The molecule has 0 radical (unpaired) electrons. The average molecular weight is 184 g/mol. The number of aliphatic hydroxyl groups is 1. The van der Waals surface area contributed by atoms with Gasteiger partial charge in [0.2, 0.25) is 0 Å². The Labute approximate surface area is 73.4 Å². The fourth-order valence-corrected chi connectivity index (χ4v) is 1.22. The number of hydrogen-bond donors (Lipinski definition) is 1. The standard InChI is InChI=1S/C7H6ClN3O/c8-7-6-1-5(3-12)2-11(6)10-4-9-7/h1-2,4,12H,3H2.